The SMILES string of the molecule is CCC(C)NCC1(CC)CCC1. The molecule has 0 bridgehead atoms. The second-order valence-electron chi connectivity index (χ2n) is 4.40. The van der Waals surface area contributed by atoms with Gasteiger partial charge in [0.2, 0.25) is 0 Å². The van der Waals surface area contributed by atoms with Crippen LogP contribution in [0.25, 0.3) is 0 Å². The van der Waals surface area contributed by atoms with E-state index in [0.29, 0.717) is 11.5 Å². The van der Waals surface area contributed by atoms with Gasteiger partial charge in [0.15, 0.2) is 0 Å². The van der Waals surface area contributed by atoms with Crippen LogP contribution in [0.1, 0.15) is 52.9 Å². The topological polar surface area (TPSA) is 12.0 Å². The Labute approximate surface area is 76.9 Å². The van der Waals surface area contributed by atoms with E-state index in [2.05, 4.69) is 26.1 Å². The van der Waals surface area contributed by atoms with Crippen LogP contribution in [-0.4, -0.2) is 12.6 Å². The quantitative estimate of drug-likeness (QED) is 0.667. The van der Waals surface area contributed by atoms with E-state index in [1.807, 2.05) is 0 Å². The highest BCUT2D eigenvalue weighted by Gasteiger charge is 2.34. The third-order valence-electron chi connectivity index (χ3n) is 3.60. The predicted octanol–water partition coefficient (Wildman–Crippen LogP) is 2.95. The summed E-state index contributed by atoms with van der Waals surface area (Å²) in [7, 11) is 0. The summed E-state index contributed by atoms with van der Waals surface area (Å²) in [5.41, 5.74) is 0.684. The van der Waals surface area contributed by atoms with Gasteiger partial charge in [0.25, 0.3) is 0 Å². The molecule has 1 heteroatoms. The average Bonchev–Trinajstić information content (AvgIpc) is 2.03. The number of rotatable bonds is 5. The number of nitrogens with one attached hydrogen (secondary N) is 1. The zero-order valence-corrected chi connectivity index (χ0v) is 8.82. The number of hydrogen-bond donors (Lipinski definition) is 1. The van der Waals surface area contributed by atoms with E-state index in [-0.39, 0.29) is 0 Å². The molecule has 1 aliphatic carbocycles. The van der Waals surface area contributed by atoms with Crippen LogP contribution < -0.4 is 5.32 Å². The van der Waals surface area contributed by atoms with Crippen molar-refractivity contribution in [3.63, 3.8) is 0 Å². The maximum atomic E-state index is 3.63. The molecule has 1 unspecified atom stereocenters. The zero-order chi connectivity index (χ0) is 9.03. The summed E-state index contributed by atoms with van der Waals surface area (Å²) in [5, 5.41) is 3.63. The molecule has 0 aromatic rings. The Morgan fingerprint density at radius 3 is 2.33 bits per heavy atom. The normalized spacial score (nSPS) is 23.2. The molecule has 0 amide bonds. The molecule has 0 heterocycles. The molecule has 1 nitrogen and oxygen atoms in total. The lowest BCUT2D eigenvalue weighted by Crippen LogP contribution is -2.42. The monoisotopic (exact) mass is 169 g/mol. The highest BCUT2D eigenvalue weighted by Crippen LogP contribution is 2.43. The summed E-state index contributed by atoms with van der Waals surface area (Å²) >= 11 is 0. The van der Waals surface area contributed by atoms with Crippen molar-refractivity contribution in [1.29, 1.82) is 0 Å². The predicted molar refractivity (Wildman–Crippen MR) is 54.3 cm³/mol. The van der Waals surface area contributed by atoms with Crippen LogP contribution in [-0.2, 0) is 0 Å². The lowest BCUT2D eigenvalue weighted by atomic mass is 9.67. The molecule has 1 N–H and O–H groups in total. The van der Waals surface area contributed by atoms with Gasteiger partial charge in [-0.3, -0.25) is 0 Å². The highest BCUT2D eigenvalue weighted by molar-refractivity contribution is 4.88. The number of hydrogen-bond acceptors (Lipinski definition) is 1. The van der Waals surface area contributed by atoms with Crippen molar-refractivity contribution in [3.8, 4) is 0 Å². The first-order valence-corrected chi connectivity index (χ1v) is 5.46. The van der Waals surface area contributed by atoms with E-state index < -0.39 is 0 Å². The Balaban J connectivity index is 2.20. The first kappa shape index (κ1) is 10.0. The molecule has 1 saturated carbocycles. The van der Waals surface area contributed by atoms with Crippen LogP contribution in [0.2, 0.25) is 0 Å². The average molecular weight is 169 g/mol. The molecule has 12 heavy (non-hydrogen) atoms. The van der Waals surface area contributed by atoms with Crippen molar-refractivity contribution in [3.05, 3.63) is 0 Å². The molecule has 0 aromatic heterocycles. The maximum absolute atomic E-state index is 3.63. The summed E-state index contributed by atoms with van der Waals surface area (Å²) in [5.74, 6) is 0. The minimum Gasteiger partial charge on any atom is -0.314 e. The van der Waals surface area contributed by atoms with Crippen LogP contribution in [0.4, 0.5) is 0 Å². The fraction of sp³-hybridized carbons (Fsp3) is 1.00. The van der Waals surface area contributed by atoms with Crippen molar-refractivity contribution in [2.45, 2.75) is 58.9 Å². The van der Waals surface area contributed by atoms with E-state index in [1.54, 1.807) is 0 Å². The molecule has 0 aliphatic heterocycles. The lowest BCUT2D eigenvalue weighted by molar-refractivity contribution is 0.120. The minimum atomic E-state index is 0.684. The Morgan fingerprint density at radius 2 is 2.00 bits per heavy atom. The van der Waals surface area contributed by atoms with Gasteiger partial charge in [0, 0.05) is 12.6 Å². The summed E-state index contributed by atoms with van der Waals surface area (Å²) < 4.78 is 0. The van der Waals surface area contributed by atoms with Gasteiger partial charge >= 0.3 is 0 Å². The summed E-state index contributed by atoms with van der Waals surface area (Å²) in [6.45, 7) is 8.11. The molecule has 0 spiro atoms. The van der Waals surface area contributed by atoms with Gasteiger partial charge in [0.05, 0.1) is 0 Å². The minimum absolute atomic E-state index is 0.684. The van der Waals surface area contributed by atoms with Crippen LogP contribution >= 0.6 is 0 Å². The zero-order valence-electron chi connectivity index (χ0n) is 8.82. The van der Waals surface area contributed by atoms with Gasteiger partial charge in [-0.2, -0.15) is 0 Å². The molecular formula is C11H23N. The summed E-state index contributed by atoms with van der Waals surface area (Å²) in [6, 6.07) is 0.703. The molecule has 72 valence electrons. The standard InChI is InChI=1S/C11H23N/c1-4-10(3)12-9-11(5-2)7-6-8-11/h10,12H,4-9H2,1-3H3. The van der Waals surface area contributed by atoms with Gasteiger partial charge < -0.3 is 5.32 Å². The van der Waals surface area contributed by atoms with E-state index >= 15 is 0 Å². The van der Waals surface area contributed by atoms with Crippen LogP contribution in [0.3, 0.4) is 0 Å². The maximum Gasteiger partial charge on any atom is 0.00363 e. The molecule has 1 rings (SSSR count). The van der Waals surface area contributed by atoms with E-state index in [1.165, 1.54) is 38.6 Å². The molecular weight excluding hydrogens is 146 g/mol. The van der Waals surface area contributed by atoms with Crippen molar-refractivity contribution in [2.24, 2.45) is 5.41 Å². The smallest absolute Gasteiger partial charge is 0.00363 e. The fourth-order valence-corrected chi connectivity index (χ4v) is 1.87. The van der Waals surface area contributed by atoms with E-state index in [9.17, 15) is 0 Å². The van der Waals surface area contributed by atoms with Crippen LogP contribution in [0, 0.1) is 5.41 Å². The van der Waals surface area contributed by atoms with Gasteiger partial charge in [-0.1, -0.05) is 20.3 Å². The van der Waals surface area contributed by atoms with Crippen molar-refractivity contribution >= 4 is 0 Å². The first-order chi connectivity index (χ1) is 5.72. The van der Waals surface area contributed by atoms with Crippen molar-refractivity contribution < 1.29 is 0 Å². The first-order valence-electron chi connectivity index (χ1n) is 5.46. The van der Waals surface area contributed by atoms with Gasteiger partial charge in [-0.15, -0.1) is 0 Å². The van der Waals surface area contributed by atoms with E-state index in [0.717, 1.165) is 0 Å². The second-order valence-corrected chi connectivity index (χ2v) is 4.40. The molecule has 0 radical (unpaired) electrons. The van der Waals surface area contributed by atoms with Gasteiger partial charge in [0.1, 0.15) is 0 Å². The Hall–Kier alpha value is -0.0400. The Kier molecular flexibility index (Phi) is 3.57. The lowest BCUT2D eigenvalue weighted by Gasteiger charge is -2.42. The highest BCUT2D eigenvalue weighted by atomic mass is 14.9. The fourth-order valence-electron chi connectivity index (χ4n) is 1.87. The largest absolute Gasteiger partial charge is 0.314 e. The third kappa shape index (κ3) is 2.22. The van der Waals surface area contributed by atoms with Gasteiger partial charge in [-0.25, -0.2) is 0 Å². The second kappa shape index (κ2) is 4.27. The molecule has 0 aromatic carbocycles. The Bertz CT molecular complexity index is 121. The van der Waals surface area contributed by atoms with Crippen LogP contribution in [0.5, 0.6) is 0 Å². The van der Waals surface area contributed by atoms with E-state index in [4.69, 9.17) is 0 Å². The third-order valence-corrected chi connectivity index (χ3v) is 3.60. The molecule has 1 aliphatic rings. The molecule has 1 atom stereocenters. The van der Waals surface area contributed by atoms with Crippen molar-refractivity contribution in [2.75, 3.05) is 6.54 Å². The Morgan fingerprint density at radius 1 is 1.33 bits per heavy atom. The summed E-state index contributed by atoms with van der Waals surface area (Å²) in [6.07, 6.45) is 6.96. The molecule has 0 saturated heterocycles. The van der Waals surface area contributed by atoms with Crippen LogP contribution in [0.15, 0.2) is 0 Å². The summed E-state index contributed by atoms with van der Waals surface area (Å²) in [4.78, 5) is 0. The van der Waals surface area contributed by atoms with Crippen molar-refractivity contribution in [1.82, 2.24) is 5.32 Å². The molecule has 1 fully saturated rings. The van der Waals surface area contributed by atoms with Gasteiger partial charge in [-0.05, 0) is 38.0 Å².